The summed E-state index contributed by atoms with van der Waals surface area (Å²) >= 11 is 5.81. The predicted octanol–water partition coefficient (Wildman–Crippen LogP) is 2.02. The average molecular weight is 347 g/mol. The Morgan fingerprint density at radius 3 is 2.17 bits per heavy atom. The highest BCUT2D eigenvalue weighted by molar-refractivity contribution is 6.30. The predicted molar refractivity (Wildman–Crippen MR) is 92.8 cm³/mol. The molecule has 0 saturated carbocycles. The van der Waals surface area contributed by atoms with Gasteiger partial charge in [0.1, 0.15) is 6.04 Å². The Hall–Kier alpha value is -2.37. The molecule has 0 bridgehead atoms. The van der Waals surface area contributed by atoms with Crippen molar-refractivity contribution in [2.75, 3.05) is 0 Å². The van der Waals surface area contributed by atoms with Crippen LogP contribution < -0.4 is 11.1 Å². The topological polar surface area (TPSA) is 92.4 Å². The van der Waals surface area contributed by atoms with E-state index in [1.54, 1.807) is 24.3 Å². The van der Waals surface area contributed by atoms with Crippen molar-refractivity contribution in [3.8, 4) is 0 Å². The minimum Gasteiger partial charge on any atom is -0.480 e. The number of rotatable bonds is 7. The highest BCUT2D eigenvalue weighted by Crippen LogP contribution is 2.11. The molecule has 2 rings (SSSR count). The smallest absolute Gasteiger partial charge is 0.326 e. The lowest BCUT2D eigenvalue weighted by molar-refractivity contribution is -0.141. The van der Waals surface area contributed by atoms with Crippen molar-refractivity contribution >= 4 is 23.5 Å². The van der Waals surface area contributed by atoms with Gasteiger partial charge in [-0.05, 0) is 29.7 Å². The molecule has 0 saturated heterocycles. The molecule has 6 heteroatoms. The number of nitrogens with two attached hydrogens (primary N) is 1. The molecule has 0 aliphatic rings. The van der Waals surface area contributed by atoms with Crippen LogP contribution in [0.1, 0.15) is 11.1 Å². The van der Waals surface area contributed by atoms with Gasteiger partial charge < -0.3 is 16.2 Å². The summed E-state index contributed by atoms with van der Waals surface area (Å²) in [5.41, 5.74) is 7.58. The Kier molecular flexibility index (Phi) is 6.35. The summed E-state index contributed by atoms with van der Waals surface area (Å²) in [7, 11) is 0. The van der Waals surface area contributed by atoms with E-state index in [-0.39, 0.29) is 6.42 Å². The summed E-state index contributed by atoms with van der Waals surface area (Å²) in [5.74, 6) is -1.59. The fourth-order valence-electron chi connectivity index (χ4n) is 2.30. The van der Waals surface area contributed by atoms with Crippen LogP contribution in [0.2, 0.25) is 5.02 Å². The van der Waals surface area contributed by atoms with E-state index >= 15 is 0 Å². The number of hydrogen-bond donors (Lipinski definition) is 3. The number of amides is 1. The molecule has 0 spiro atoms. The van der Waals surface area contributed by atoms with Gasteiger partial charge in [0.25, 0.3) is 0 Å². The van der Waals surface area contributed by atoms with Crippen molar-refractivity contribution in [1.82, 2.24) is 5.32 Å². The van der Waals surface area contributed by atoms with Crippen molar-refractivity contribution in [2.24, 2.45) is 5.73 Å². The molecular weight excluding hydrogens is 328 g/mol. The number of benzene rings is 2. The summed E-state index contributed by atoms with van der Waals surface area (Å²) in [5, 5.41) is 12.4. The molecule has 0 aliphatic carbocycles. The largest absolute Gasteiger partial charge is 0.480 e. The van der Waals surface area contributed by atoms with Crippen LogP contribution in [0.25, 0.3) is 0 Å². The lowest BCUT2D eigenvalue weighted by Crippen LogP contribution is -2.50. The highest BCUT2D eigenvalue weighted by atomic mass is 35.5. The number of halogens is 1. The second-order valence-corrected chi connectivity index (χ2v) is 5.96. The standard InChI is InChI=1S/C18H19ClN2O3/c19-14-8-6-13(7-9-14)11-16(18(23)24)21-17(22)15(20)10-12-4-2-1-3-5-12/h1-9,15-16H,10-11,20H2,(H,21,22)(H,23,24)/t15-,16-/m0/s1. The first-order valence-electron chi connectivity index (χ1n) is 7.53. The zero-order valence-corrected chi connectivity index (χ0v) is 13.7. The molecule has 0 aromatic heterocycles. The van der Waals surface area contributed by atoms with E-state index in [1.165, 1.54) is 0 Å². The van der Waals surface area contributed by atoms with Gasteiger partial charge in [0.15, 0.2) is 0 Å². The molecule has 2 atom stereocenters. The molecule has 24 heavy (non-hydrogen) atoms. The average Bonchev–Trinajstić information content (AvgIpc) is 2.56. The highest BCUT2D eigenvalue weighted by Gasteiger charge is 2.23. The third-order valence-corrected chi connectivity index (χ3v) is 3.85. The molecule has 0 radical (unpaired) electrons. The Morgan fingerprint density at radius 2 is 1.58 bits per heavy atom. The van der Waals surface area contributed by atoms with Crippen molar-refractivity contribution in [3.63, 3.8) is 0 Å². The number of hydrogen-bond acceptors (Lipinski definition) is 3. The van der Waals surface area contributed by atoms with E-state index in [0.717, 1.165) is 11.1 Å². The SMILES string of the molecule is N[C@@H](Cc1ccccc1)C(=O)N[C@@H](Cc1ccc(Cl)cc1)C(=O)O. The van der Waals surface area contributed by atoms with Gasteiger partial charge >= 0.3 is 5.97 Å². The minimum atomic E-state index is -1.11. The minimum absolute atomic E-state index is 0.163. The summed E-state index contributed by atoms with van der Waals surface area (Å²) < 4.78 is 0. The van der Waals surface area contributed by atoms with Crippen molar-refractivity contribution in [1.29, 1.82) is 0 Å². The molecule has 0 fully saturated rings. The van der Waals surface area contributed by atoms with Crippen molar-refractivity contribution in [3.05, 3.63) is 70.7 Å². The Morgan fingerprint density at radius 1 is 1.00 bits per heavy atom. The normalized spacial score (nSPS) is 13.1. The van der Waals surface area contributed by atoms with E-state index in [1.807, 2.05) is 30.3 Å². The molecule has 0 aliphatic heterocycles. The maximum absolute atomic E-state index is 12.2. The van der Waals surface area contributed by atoms with Crippen LogP contribution in [0.5, 0.6) is 0 Å². The van der Waals surface area contributed by atoms with Crippen LogP contribution >= 0.6 is 11.6 Å². The molecule has 4 N–H and O–H groups in total. The van der Waals surface area contributed by atoms with E-state index in [0.29, 0.717) is 11.4 Å². The third-order valence-electron chi connectivity index (χ3n) is 3.60. The fraction of sp³-hybridized carbons (Fsp3) is 0.222. The molecule has 1 amide bonds. The molecule has 0 heterocycles. The Balaban J connectivity index is 1.97. The summed E-state index contributed by atoms with van der Waals surface area (Å²) in [6, 6.07) is 14.3. The molecule has 2 aromatic carbocycles. The number of carbonyl (C=O) groups is 2. The van der Waals surface area contributed by atoms with Gasteiger partial charge in [-0.15, -0.1) is 0 Å². The van der Waals surface area contributed by atoms with Gasteiger partial charge in [-0.1, -0.05) is 54.1 Å². The van der Waals surface area contributed by atoms with Gasteiger partial charge in [0.05, 0.1) is 6.04 Å². The van der Waals surface area contributed by atoms with Crippen molar-refractivity contribution in [2.45, 2.75) is 24.9 Å². The monoisotopic (exact) mass is 346 g/mol. The van der Waals surface area contributed by atoms with E-state index in [4.69, 9.17) is 17.3 Å². The van der Waals surface area contributed by atoms with Gasteiger partial charge in [-0.3, -0.25) is 4.79 Å². The second kappa shape index (κ2) is 8.47. The van der Waals surface area contributed by atoms with Crippen molar-refractivity contribution < 1.29 is 14.7 Å². The summed E-state index contributed by atoms with van der Waals surface area (Å²) in [4.78, 5) is 23.6. The Labute approximate surface area is 145 Å². The number of aliphatic carboxylic acids is 1. The van der Waals surface area contributed by atoms with Crippen LogP contribution in [-0.2, 0) is 22.4 Å². The zero-order chi connectivity index (χ0) is 17.5. The fourth-order valence-corrected chi connectivity index (χ4v) is 2.42. The van der Waals surface area contributed by atoms with Crippen LogP contribution in [0, 0.1) is 0 Å². The van der Waals surface area contributed by atoms with Crippen LogP contribution in [0.15, 0.2) is 54.6 Å². The Bertz CT molecular complexity index is 689. The lowest BCUT2D eigenvalue weighted by Gasteiger charge is -2.18. The molecule has 0 unspecified atom stereocenters. The molecule has 126 valence electrons. The number of carboxylic acid groups (broad SMARTS) is 1. The summed E-state index contributed by atoms with van der Waals surface area (Å²) in [6.45, 7) is 0. The number of carboxylic acids is 1. The van der Waals surface area contributed by atoms with Crippen LogP contribution in [-0.4, -0.2) is 29.1 Å². The maximum Gasteiger partial charge on any atom is 0.326 e. The first-order valence-corrected chi connectivity index (χ1v) is 7.90. The zero-order valence-electron chi connectivity index (χ0n) is 13.0. The van der Waals surface area contributed by atoms with Crippen LogP contribution in [0.4, 0.5) is 0 Å². The molecule has 2 aromatic rings. The first kappa shape index (κ1) is 18.0. The van der Waals surface area contributed by atoms with Gasteiger partial charge in [-0.2, -0.15) is 0 Å². The molecular formula is C18H19ClN2O3. The first-order chi connectivity index (χ1) is 11.5. The lowest BCUT2D eigenvalue weighted by atomic mass is 10.0. The van der Waals surface area contributed by atoms with E-state index in [9.17, 15) is 14.7 Å². The second-order valence-electron chi connectivity index (χ2n) is 5.53. The maximum atomic E-state index is 12.2. The molecule has 5 nitrogen and oxygen atoms in total. The van der Waals surface area contributed by atoms with Crippen LogP contribution in [0.3, 0.4) is 0 Å². The number of carbonyl (C=O) groups excluding carboxylic acids is 1. The van der Waals surface area contributed by atoms with E-state index < -0.39 is 24.0 Å². The third kappa shape index (κ3) is 5.37. The van der Waals surface area contributed by atoms with Gasteiger partial charge in [-0.25, -0.2) is 4.79 Å². The quantitative estimate of drug-likeness (QED) is 0.715. The number of nitrogens with one attached hydrogen (secondary N) is 1. The van der Waals surface area contributed by atoms with Gasteiger partial charge in [0.2, 0.25) is 5.91 Å². The van der Waals surface area contributed by atoms with E-state index in [2.05, 4.69) is 5.32 Å². The summed E-state index contributed by atoms with van der Waals surface area (Å²) in [6.07, 6.45) is 0.510. The van der Waals surface area contributed by atoms with Gasteiger partial charge in [0, 0.05) is 11.4 Å².